The first-order valence-corrected chi connectivity index (χ1v) is 8.08. The standard InChI is InChI=1S/C15H20BrN3O2/c1-3-9(2)19-12(8-18-15(19)17)10-6-11(16)14-13(7-10)20-4-5-21-14/h6-7,9,12H,3-5,8H2,1-2H3,(H2,17,18). The molecular weight excluding hydrogens is 334 g/mol. The van der Waals surface area contributed by atoms with Gasteiger partial charge in [-0.25, -0.2) is 0 Å². The van der Waals surface area contributed by atoms with Crippen molar-refractivity contribution in [2.45, 2.75) is 32.4 Å². The van der Waals surface area contributed by atoms with Crippen molar-refractivity contribution in [1.29, 1.82) is 0 Å². The highest BCUT2D eigenvalue weighted by molar-refractivity contribution is 9.10. The number of nitrogens with two attached hydrogens (primary N) is 1. The zero-order chi connectivity index (χ0) is 15.0. The number of halogens is 1. The van der Waals surface area contributed by atoms with Gasteiger partial charge in [0.05, 0.1) is 17.1 Å². The van der Waals surface area contributed by atoms with Gasteiger partial charge in [-0.2, -0.15) is 0 Å². The van der Waals surface area contributed by atoms with Crippen molar-refractivity contribution in [1.82, 2.24) is 4.90 Å². The van der Waals surface area contributed by atoms with E-state index >= 15 is 0 Å². The molecule has 0 saturated carbocycles. The largest absolute Gasteiger partial charge is 0.486 e. The third kappa shape index (κ3) is 2.57. The predicted molar refractivity (Wildman–Crippen MR) is 86.0 cm³/mol. The summed E-state index contributed by atoms with van der Waals surface area (Å²) >= 11 is 3.58. The van der Waals surface area contributed by atoms with Crippen molar-refractivity contribution < 1.29 is 9.47 Å². The van der Waals surface area contributed by atoms with Gasteiger partial charge in [-0.15, -0.1) is 0 Å². The zero-order valence-corrected chi connectivity index (χ0v) is 13.9. The second-order valence-electron chi connectivity index (χ2n) is 5.41. The number of ether oxygens (including phenoxy) is 2. The molecule has 21 heavy (non-hydrogen) atoms. The molecule has 3 rings (SSSR count). The molecule has 114 valence electrons. The molecule has 0 bridgehead atoms. The Kier molecular flexibility index (Phi) is 3.97. The minimum Gasteiger partial charge on any atom is -0.486 e. The quantitative estimate of drug-likeness (QED) is 0.907. The van der Waals surface area contributed by atoms with Gasteiger partial charge >= 0.3 is 0 Å². The Bertz CT molecular complexity index is 576. The van der Waals surface area contributed by atoms with Crippen LogP contribution in [-0.2, 0) is 0 Å². The van der Waals surface area contributed by atoms with Gasteiger partial charge in [0.25, 0.3) is 0 Å². The van der Waals surface area contributed by atoms with E-state index in [1.165, 1.54) is 0 Å². The van der Waals surface area contributed by atoms with Gasteiger partial charge in [0.2, 0.25) is 0 Å². The molecule has 0 aliphatic carbocycles. The summed E-state index contributed by atoms with van der Waals surface area (Å²) in [6, 6.07) is 4.65. The van der Waals surface area contributed by atoms with E-state index in [1.807, 2.05) is 6.07 Å². The summed E-state index contributed by atoms with van der Waals surface area (Å²) in [6.45, 7) is 6.19. The smallest absolute Gasteiger partial charge is 0.192 e. The van der Waals surface area contributed by atoms with E-state index in [2.05, 4.69) is 45.7 Å². The molecule has 0 saturated heterocycles. The maximum absolute atomic E-state index is 6.07. The van der Waals surface area contributed by atoms with Gasteiger partial charge in [-0.3, -0.25) is 4.99 Å². The number of nitrogens with zero attached hydrogens (tertiary/aromatic N) is 2. The van der Waals surface area contributed by atoms with Crippen LogP contribution in [0.4, 0.5) is 0 Å². The molecular formula is C15H20BrN3O2. The van der Waals surface area contributed by atoms with E-state index in [4.69, 9.17) is 15.2 Å². The summed E-state index contributed by atoms with van der Waals surface area (Å²) in [5.41, 5.74) is 7.22. The van der Waals surface area contributed by atoms with Crippen LogP contribution >= 0.6 is 15.9 Å². The highest BCUT2D eigenvalue weighted by Crippen LogP contribution is 2.41. The van der Waals surface area contributed by atoms with Crippen molar-refractivity contribution in [2.24, 2.45) is 10.7 Å². The van der Waals surface area contributed by atoms with Crippen LogP contribution in [0.3, 0.4) is 0 Å². The lowest BCUT2D eigenvalue weighted by Gasteiger charge is -2.32. The highest BCUT2D eigenvalue weighted by atomic mass is 79.9. The Balaban J connectivity index is 1.95. The van der Waals surface area contributed by atoms with E-state index in [9.17, 15) is 0 Å². The van der Waals surface area contributed by atoms with Gasteiger partial charge in [0.1, 0.15) is 13.2 Å². The average Bonchev–Trinajstić information content (AvgIpc) is 2.88. The van der Waals surface area contributed by atoms with Crippen molar-refractivity contribution >= 4 is 21.9 Å². The number of hydrogen-bond acceptors (Lipinski definition) is 5. The highest BCUT2D eigenvalue weighted by Gasteiger charge is 2.32. The Labute approximate surface area is 133 Å². The number of rotatable bonds is 3. The molecule has 2 atom stereocenters. The second-order valence-corrected chi connectivity index (χ2v) is 6.26. The fourth-order valence-electron chi connectivity index (χ4n) is 2.83. The maximum atomic E-state index is 6.07. The Morgan fingerprint density at radius 1 is 1.43 bits per heavy atom. The lowest BCUT2D eigenvalue weighted by Crippen LogP contribution is -2.42. The Morgan fingerprint density at radius 2 is 2.19 bits per heavy atom. The van der Waals surface area contributed by atoms with Gasteiger partial charge in [0, 0.05) is 6.04 Å². The lowest BCUT2D eigenvalue weighted by molar-refractivity contribution is 0.169. The molecule has 1 aromatic rings. The summed E-state index contributed by atoms with van der Waals surface area (Å²) in [7, 11) is 0. The van der Waals surface area contributed by atoms with Crippen molar-refractivity contribution in [2.75, 3.05) is 19.8 Å². The monoisotopic (exact) mass is 353 g/mol. The van der Waals surface area contributed by atoms with E-state index in [-0.39, 0.29) is 6.04 Å². The van der Waals surface area contributed by atoms with E-state index < -0.39 is 0 Å². The predicted octanol–water partition coefficient (Wildman–Crippen LogP) is 2.69. The molecule has 2 unspecified atom stereocenters. The van der Waals surface area contributed by atoms with Crippen molar-refractivity contribution in [3.63, 3.8) is 0 Å². The number of fused-ring (bicyclic) bond motifs is 1. The van der Waals surface area contributed by atoms with Gasteiger partial charge in [-0.1, -0.05) is 6.92 Å². The van der Waals surface area contributed by atoms with E-state index in [0.29, 0.717) is 31.8 Å². The third-order valence-corrected chi connectivity index (χ3v) is 4.69. The third-order valence-electron chi connectivity index (χ3n) is 4.10. The molecule has 0 amide bonds. The summed E-state index contributed by atoms with van der Waals surface area (Å²) < 4.78 is 12.3. The second kappa shape index (κ2) is 5.75. The SMILES string of the molecule is CCC(C)N1C(N)=NCC1c1cc(Br)c2c(c1)OCCO2. The van der Waals surface area contributed by atoms with Crippen LogP contribution in [0.5, 0.6) is 11.5 Å². The topological polar surface area (TPSA) is 60.1 Å². The van der Waals surface area contributed by atoms with E-state index in [1.54, 1.807) is 0 Å². The minimum absolute atomic E-state index is 0.159. The zero-order valence-electron chi connectivity index (χ0n) is 12.3. The fraction of sp³-hybridized carbons (Fsp3) is 0.533. The fourth-order valence-corrected chi connectivity index (χ4v) is 3.40. The van der Waals surface area contributed by atoms with Crippen LogP contribution in [0.2, 0.25) is 0 Å². The minimum atomic E-state index is 0.159. The van der Waals surface area contributed by atoms with Crippen LogP contribution in [0.1, 0.15) is 31.9 Å². The van der Waals surface area contributed by atoms with Crippen LogP contribution in [0, 0.1) is 0 Å². The summed E-state index contributed by atoms with van der Waals surface area (Å²) in [4.78, 5) is 6.61. The van der Waals surface area contributed by atoms with Crippen molar-refractivity contribution in [3.05, 3.63) is 22.2 Å². The molecule has 2 aliphatic rings. The van der Waals surface area contributed by atoms with Crippen LogP contribution in [-0.4, -0.2) is 36.7 Å². The van der Waals surface area contributed by atoms with Crippen LogP contribution in [0.15, 0.2) is 21.6 Å². The Morgan fingerprint density at radius 3 is 2.95 bits per heavy atom. The van der Waals surface area contributed by atoms with Gasteiger partial charge in [-0.05, 0) is 47.0 Å². The molecule has 6 heteroatoms. The molecule has 1 aromatic carbocycles. The molecule has 5 nitrogen and oxygen atoms in total. The number of aliphatic imine (C=N–C) groups is 1. The molecule has 2 aliphatic heterocycles. The van der Waals surface area contributed by atoms with Crippen LogP contribution < -0.4 is 15.2 Å². The van der Waals surface area contributed by atoms with Crippen molar-refractivity contribution in [3.8, 4) is 11.5 Å². The number of guanidine groups is 1. The van der Waals surface area contributed by atoms with Gasteiger partial charge in [0.15, 0.2) is 17.5 Å². The molecule has 0 radical (unpaired) electrons. The molecule has 2 N–H and O–H groups in total. The summed E-state index contributed by atoms with van der Waals surface area (Å²) in [5, 5.41) is 0. The summed E-state index contributed by atoms with van der Waals surface area (Å²) in [6.07, 6.45) is 1.03. The summed E-state index contributed by atoms with van der Waals surface area (Å²) in [5.74, 6) is 2.20. The first kappa shape index (κ1) is 14.5. The first-order valence-electron chi connectivity index (χ1n) is 7.29. The average molecular weight is 354 g/mol. The van der Waals surface area contributed by atoms with Crippen LogP contribution in [0.25, 0.3) is 0 Å². The normalized spacial score (nSPS) is 22.1. The molecule has 0 aromatic heterocycles. The number of benzene rings is 1. The molecule has 0 spiro atoms. The van der Waals surface area contributed by atoms with E-state index in [0.717, 1.165) is 28.0 Å². The molecule has 0 fully saturated rings. The lowest BCUT2D eigenvalue weighted by atomic mass is 10.0. The number of hydrogen-bond donors (Lipinski definition) is 1. The maximum Gasteiger partial charge on any atom is 0.192 e. The molecule has 2 heterocycles. The van der Waals surface area contributed by atoms with Gasteiger partial charge < -0.3 is 20.1 Å². The Hall–Kier alpha value is -1.43. The first-order chi connectivity index (χ1) is 10.1.